The quantitative estimate of drug-likeness (QED) is 0.381. The summed E-state index contributed by atoms with van der Waals surface area (Å²) in [6, 6.07) is 0. The highest BCUT2D eigenvalue weighted by Crippen LogP contribution is 2.25. The third-order valence-electron chi connectivity index (χ3n) is 0.936. The van der Waals surface area contributed by atoms with Gasteiger partial charge in [-0.1, -0.05) is 0 Å². The highest BCUT2D eigenvalue weighted by Gasteiger charge is 2.33. The zero-order valence-corrected chi connectivity index (χ0v) is 7.46. The highest BCUT2D eigenvalue weighted by atomic mass is 32.2. The van der Waals surface area contributed by atoms with E-state index in [0.29, 0.717) is 0 Å². The molecule has 0 spiro atoms. The molecule has 0 radical (unpaired) electrons. The first-order valence-corrected chi connectivity index (χ1v) is 3.69. The monoisotopic (exact) mass is 184 g/mol. The Bertz CT molecular complexity index is 121. The third-order valence-corrected chi connectivity index (χ3v) is 2.83. The summed E-state index contributed by atoms with van der Waals surface area (Å²) >= 11 is 11.5. The zero-order chi connectivity index (χ0) is 7.65. The molecule has 0 aromatic rings. The Morgan fingerprint density at radius 1 is 1.67 bits per heavy atom. The van der Waals surface area contributed by atoms with Crippen molar-refractivity contribution in [2.75, 3.05) is 0 Å². The molecule has 0 aliphatic carbocycles. The van der Waals surface area contributed by atoms with E-state index >= 15 is 0 Å². The summed E-state index contributed by atoms with van der Waals surface area (Å²) in [7, 11) is 0. The lowest BCUT2D eigenvalue weighted by molar-refractivity contribution is -0.138. The van der Waals surface area contributed by atoms with Crippen molar-refractivity contribution in [1.82, 2.24) is 0 Å². The van der Waals surface area contributed by atoms with Gasteiger partial charge in [0, 0.05) is 0 Å². The minimum Gasteiger partial charge on any atom is -0.480 e. The molecule has 0 aromatic heterocycles. The Kier molecular flexibility index (Phi) is 3.25. The number of thiol groups is 3. The van der Waals surface area contributed by atoms with E-state index < -0.39 is 15.3 Å². The molecule has 0 saturated carbocycles. The van der Waals surface area contributed by atoms with Gasteiger partial charge in [0.25, 0.3) is 0 Å². The van der Waals surface area contributed by atoms with Crippen LogP contribution in [-0.2, 0) is 4.79 Å². The summed E-state index contributed by atoms with van der Waals surface area (Å²) in [5.41, 5.74) is 0. The van der Waals surface area contributed by atoms with Crippen LogP contribution < -0.4 is 0 Å². The van der Waals surface area contributed by atoms with Crippen LogP contribution in [-0.4, -0.2) is 20.4 Å². The number of carbonyl (C=O) groups is 1. The molecule has 9 heavy (non-hydrogen) atoms. The van der Waals surface area contributed by atoms with Crippen LogP contribution in [0.2, 0.25) is 0 Å². The van der Waals surface area contributed by atoms with Crippen molar-refractivity contribution in [3.05, 3.63) is 0 Å². The standard InChI is InChI=1S/C4H8O2S3/c1-4(9,2(5)6)3(7)8/h3,7-9H,1H3,(H,5,6). The number of carboxylic acid groups (broad SMARTS) is 1. The molecule has 0 rings (SSSR count). The van der Waals surface area contributed by atoms with Gasteiger partial charge in [-0.25, -0.2) is 0 Å². The molecule has 1 N–H and O–H groups in total. The maximum Gasteiger partial charge on any atom is 0.321 e. The Labute approximate surface area is 70.3 Å². The van der Waals surface area contributed by atoms with Crippen LogP contribution in [0.4, 0.5) is 0 Å². The first-order chi connectivity index (χ1) is 3.89. The summed E-state index contributed by atoms with van der Waals surface area (Å²) < 4.78 is -1.72. The van der Waals surface area contributed by atoms with Gasteiger partial charge in [0.15, 0.2) is 0 Å². The van der Waals surface area contributed by atoms with Crippen molar-refractivity contribution in [2.45, 2.75) is 16.3 Å². The van der Waals surface area contributed by atoms with Crippen LogP contribution in [0.1, 0.15) is 6.92 Å². The summed E-state index contributed by atoms with van der Waals surface area (Å²) in [5, 5.41) is 8.44. The summed E-state index contributed by atoms with van der Waals surface area (Å²) in [6.45, 7) is 1.45. The van der Waals surface area contributed by atoms with E-state index in [2.05, 4.69) is 37.9 Å². The van der Waals surface area contributed by atoms with Gasteiger partial charge < -0.3 is 5.11 Å². The normalized spacial score (nSPS) is 17.4. The predicted octanol–water partition coefficient (Wildman–Crippen LogP) is 0.945. The second kappa shape index (κ2) is 3.07. The molecule has 0 heterocycles. The Morgan fingerprint density at radius 3 is 2.00 bits per heavy atom. The van der Waals surface area contributed by atoms with Crippen LogP contribution in [0.25, 0.3) is 0 Å². The smallest absolute Gasteiger partial charge is 0.321 e. The van der Waals surface area contributed by atoms with Gasteiger partial charge in [0.1, 0.15) is 4.75 Å². The lowest BCUT2D eigenvalue weighted by Crippen LogP contribution is -2.35. The molecule has 0 aliphatic rings. The van der Waals surface area contributed by atoms with E-state index in [9.17, 15) is 4.79 Å². The van der Waals surface area contributed by atoms with Gasteiger partial charge in [-0.05, 0) is 6.92 Å². The fourth-order valence-electron chi connectivity index (χ4n) is 0.110. The molecule has 2 nitrogen and oxygen atoms in total. The van der Waals surface area contributed by atoms with Crippen molar-refractivity contribution >= 4 is 43.9 Å². The number of aliphatic carboxylic acids is 1. The number of rotatable bonds is 2. The van der Waals surface area contributed by atoms with Gasteiger partial charge >= 0.3 is 5.97 Å². The van der Waals surface area contributed by atoms with E-state index in [4.69, 9.17) is 5.11 Å². The molecule has 0 aliphatic heterocycles. The zero-order valence-electron chi connectivity index (χ0n) is 4.77. The van der Waals surface area contributed by atoms with Crippen LogP contribution in [0.5, 0.6) is 0 Å². The first-order valence-electron chi connectivity index (χ1n) is 2.21. The van der Waals surface area contributed by atoms with Gasteiger partial charge in [0.05, 0.1) is 4.58 Å². The van der Waals surface area contributed by atoms with Crippen LogP contribution in [0, 0.1) is 0 Å². The molecule has 5 heteroatoms. The van der Waals surface area contributed by atoms with Gasteiger partial charge in [-0.2, -0.15) is 37.9 Å². The van der Waals surface area contributed by atoms with Crippen LogP contribution >= 0.6 is 37.9 Å². The summed E-state index contributed by atoms with van der Waals surface area (Å²) in [6.07, 6.45) is 0. The lowest BCUT2D eigenvalue weighted by Gasteiger charge is -2.20. The fourth-order valence-corrected chi connectivity index (χ4v) is 0.331. The molecule has 1 atom stereocenters. The average Bonchev–Trinajstić information content (AvgIpc) is 1.65. The van der Waals surface area contributed by atoms with Gasteiger partial charge in [-0.15, -0.1) is 0 Å². The van der Waals surface area contributed by atoms with Crippen molar-refractivity contribution in [3.63, 3.8) is 0 Å². The maximum absolute atomic E-state index is 10.3. The van der Waals surface area contributed by atoms with Gasteiger partial charge in [0.2, 0.25) is 0 Å². The molecule has 0 fully saturated rings. The van der Waals surface area contributed by atoms with Crippen LogP contribution in [0.15, 0.2) is 0 Å². The van der Waals surface area contributed by atoms with E-state index in [1.165, 1.54) is 6.92 Å². The minimum absolute atomic E-state index is 0.557. The Balaban J connectivity index is 4.19. The third kappa shape index (κ3) is 2.31. The van der Waals surface area contributed by atoms with Crippen molar-refractivity contribution in [1.29, 1.82) is 0 Å². The minimum atomic E-state index is -1.16. The first kappa shape index (κ1) is 9.52. The van der Waals surface area contributed by atoms with E-state index in [1.807, 2.05) is 0 Å². The largest absolute Gasteiger partial charge is 0.480 e. The highest BCUT2D eigenvalue weighted by molar-refractivity contribution is 8.01. The van der Waals surface area contributed by atoms with Crippen molar-refractivity contribution in [2.24, 2.45) is 0 Å². The fraction of sp³-hybridized carbons (Fsp3) is 0.750. The average molecular weight is 184 g/mol. The summed E-state index contributed by atoms with van der Waals surface area (Å²) in [5.74, 6) is -1.01. The van der Waals surface area contributed by atoms with Crippen molar-refractivity contribution < 1.29 is 9.90 Å². The molecule has 0 amide bonds. The molecule has 0 bridgehead atoms. The molecule has 54 valence electrons. The number of carboxylic acids is 1. The van der Waals surface area contributed by atoms with Gasteiger partial charge in [-0.3, -0.25) is 4.79 Å². The summed E-state index contributed by atoms with van der Waals surface area (Å²) in [4.78, 5) is 10.3. The lowest BCUT2D eigenvalue weighted by atomic mass is 10.2. The number of hydrogen-bond acceptors (Lipinski definition) is 4. The Morgan fingerprint density at radius 2 is 2.00 bits per heavy atom. The molecule has 1 unspecified atom stereocenters. The molecular weight excluding hydrogens is 176 g/mol. The van der Waals surface area contributed by atoms with E-state index in [0.717, 1.165) is 0 Å². The predicted molar refractivity (Wildman–Crippen MR) is 46.8 cm³/mol. The molecule has 0 saturated heterocycles. The van der Waals surface area contributed by atoms with E-state index in [-0.39, 0.29) is 0 Å². The van der Waals surface area contributed by atoms with E-state index in [1.54, 1.807) is 0 Å². The SMILES string of the molecule is CC(S)(C(=O)O)C(S)S. The molecular formula is C4H8O2S3. The molecule has 0 aromatic carbocycles. The number of hydrogen-bond donors (Lipinski definition) is 4. The van der Waals surface area contributed by atoms with Crippen molar-refractivity contribution in [3.8, 4) is 0 Å². The topological polar surface area (TPSA) is 37.3 Å². The second-order valence-corrected chi connectivity index (χ2v) is 4.20. The van der Waals surface area contributed by atoms with Crippen LogP contribution in [0.3, 0.4) is 0 Å². The Hall–Kier alpha value is 0.520. The second-order valence-electron chi connectivity index (χ2n) is 1.83. The maximum atomic E-state index is 10.3.